The molecule has 132 valence electrons. The molecule has 7 nitrogen and oxygen atoms in total. The van der Waals surface area contributed by atoms with E-state index in [-0.39, 0.29) is 17.9 Å². The van der Waals surface area contributed by atoms with Crippen LogP contribution in [-0.2, 0) is 4.79 Å². The Morgan fingerprint density at radius 2 is 1.84 bits per heavy atom. The van der Waals surface area contributed by atoms with E-state index in [1.165, 1.54) is 0 Å². The second kappa shape index (κ2) is 7.38. The topological polar surface area (TPSA) is 93.5 Å². The average Bonchev–Trinajstić information content (AvgIpc) is 3.12. The maximum Gasteiger partial charge on any atom is 0.306 e. The molecule has 3 rings (SSSR count). The first-order valence-corrected chi connectivity index (χ1v) is 8.30. The van der Waals surface area contributed by atoms with Gasteiger partial charge in [0.2, 0.25) is 0 Å². The molecule has 0 aliphatic heterocycles. The van der Waals surface area contributed by atoms with E-state index >= 15 is 0 Å². The summed E-state index contributed by atoms with van der Waals surface area (Å²) in [5, 5.41) is 16.3. The summed E-state index contributed by atoms with van der Waals surface area (Å²) in [6, 6.07) is 9.06. The SMILES string of the molecule is COc1ccc(-n2ccc(C(=O)NC3CCC(C(=O)O)CC3)n2)cc1. The minimum Gasteiger partial charge on any atom is -0.497 e. The quantitative estimate of drug-likeness (QED) is 0.868. The van der Waals surface area contributed by atoms with Crippen molar-refractivity contribution >= 4 is 11.9 Å². The molecule has 1 aromatic heterocycles. The second-order valence-corrected chi connectivity index (χ2v) is 6.20. The van der Waals surface area contributed by atoms with Crippen LogP contribution in [0.1, 0.15) is 36.2 Å². The van der Waals surface area contributed by atoms with Crippen molar-refractivity contribution in [2.45, 2.75) is 31.7 Å². The van der Waals surface area contributed by atoms with E-state index in [1.54, 1.807) is 24.1 Å². The van der Waals surface area contributed by atoms with Crippen LogP contribution in [0.5, 0.6) is 5.75 Å². The Hall–Kier alpha value is -2.83. The molecule has 0 saturated heterocycles. The van der Waals surface area contributed by atoms with Crippen molar-refractivity contribution in [3.05, 3.63) is 42.2 Å². The smallest absolute Gasteiger partial charge is 0.306 e. The number of carboxylic acids is 1. The lowest BCUT2D eigenvalue weighted by Gasteiger charge is -2.26. The highest BCUT2D eigenvalue weighted by Gasteiger charge is 2.27. The van der Waals surface area contributed by atoms with Gasteiger partial charge >= 0.3 is 5.97 Å². The highest BCUT2D eigenvalue weighted by Crippen LogP contribution is 2.24. The van der Waals surface area contributed by atoms with Crippen LogP contribution in [0, 0.1) is 5.92 Å². The Balaban J connectivity index is 1.60. The van der Waals surface area contributed by atoms with Crippen LogP contribution >= 0.6 is 0 Å². The normalized spacial score (nSPS) is 20.0. The van der Waals surface area contributed by atoms with Gasteiger partial charge in [-0.3, -0.25) is 9.59 Å². The van der Waals surface area contributed by atoms with Gasteiger partial charge in [0.15, 0.2) is 5.69 Å². The summed E-state index contributed by atoms with van der Waals surface area (Å²) in [7, 11) is 1.61. The zero-order valence-corrected chi connectivity index (χ0v) is 14.0. The standard InChI is InChI=1S/C18H21N3O4/c1-25-15-8-6-14(7-9-15)21-11-10-16(20-21)17(22)19-13-4-2-12(3-5-13)18(23)24/h6-13H,2-5H2,1H3,(H,19,22)(H,23,24). The highest BCUT2D eigenvalue weighted by atomic mass is 16.5. The second-order valence-electron chi connectivity index (χ2n) is 6.20. The number of methoxy groups -OCH3 is 1. The fourth-order valence-electron chi connectivity index (χ4n) is 3.07. The lowest BCUT2D eigenvalue weighted by atomic mass is 9.86. The molecular weight excluding hydrogens is 322 g/mol. The fourth-order valence-corrected chi connectivity index (χ4v) is 3.07. The van der Waals surface area contributed by atoms with Crippen LogP contribution < -0.4 is 10.1 Å². The van der Waals surface area contributed by atoms with Crippen molar-refractivity contribution in [3.63, 3.8) is 0 Å². The van der Waals surface area contributed by atoms with Crippen molar-refractivity contribution in [3.8, 4) is 11.4 Å². The van der Waals surface area contributed by atoms with Gasteiger partial charge in [0, 0.05) is 12.2 Å². The Bertz CT molecular complexity index is 746. The molecule has 0 radical (unpaired) electrons. The molecule has 1 heterocycles. The van der Waals surface area contributed by atoms with Gasteiger partial charge in [0.05, 0.1) is 18.7 Å². The number of benzene rings is 1. The number of hydrogen-bond acceptors (Lipinski definition) is 4. The molecule has 2 aromatic rings. The first-order valence-electron chi connectivity index (χ1n) is 8.30. The van der Waals surface area contributed by atoms with E-state index in [0.717, 1.165) is 11.4 Å². The van der Waals surface area contributed by atoms with Gasteiger partial charge in [0.25, 0.3) is 5.91 Å². The van der Waals surface area contributed by atoms with Gasteiger partial charge in [0.1, 0.15) is 5.75 Å². The number of carboxylic acid groups (broad SMARTS) is 1. The van der Waals surface area contributed by atoms with Gasteiger partial charge < -0.3 is 15.2 Å². The molecule has 0 atom stereocenters. The number of rotatable bonds is 5. The van der Waals surface area contributed by atoms with Crippen LogP contribution in [-0.4, -0.2) is 39.9 Å². The van der Waals surface area contributed by atoms with E-state index in [4.69, 9.17) is 9.84 Å². The number of aromatic nitrogens is 2. The van der Waals surface area contributed by atoms with E-state index < -0.39 is 5.97 Å². The van der Waals surface area contributed by atoms with Crippen molar-refractivity contribution in [1.82, 2.24) is 15.1 Å². The molecule has 1 aromatic carbocycles. The molecule has 2 N–H and O–H groups in total. The summed E-state index contributed by atoms with van der Waals surface area (Å²) in [5.74, 6) is -0.512. The molecule has 1 aliphatic rings. The summed E-state index contributed by atoms with van der Waals surface area (Å²) in [5.41, 5.74) is 1.18. The fraction of sp³-hybridized carbons (Fsp3) is 0.389. The first-order chi connectivity index (χ1) is 12.1. The number of nitrogens with one attached hydrogen (secondary N) is 1. The molecule has 7 heteroatoms. The Labute approximate surface area is 145 Å². The molecule has 1 amide bonds. The lowest BCUT2D eigenvalue weighted by molar-refractivity contribution is -0.142. The first kappa shape index (κ1) is 17.0. The number of nitrogens with zero attached hydrogens (tertiary/aromatic N) is 2. The average molecular weight is 343 g/mol. The van der Waals surface area contributed by atoms with Gasteiger partial charge in [-0.25, -0.2) is 4.68 Å². The summed E-state index contributed by atoms with van der Waals surface area (Å²) in [4.78, 5) is 23.3. The molecule has 0 bridgehead atoms. The van der Waals surface area contributed by atoms with Gasteiger partial charge in [-0.1, -0.05) is 0 Å². The third-order valence-corrected chi connectivity index (χ3v) is 4.57. The Morgan fingerprint density at radius 1 is 1.16 bits per heavy atom. The predicted octanol–water partition coefficient (Wildman–Crippen LogP) is 2.25. The monoisotopic (exact) mass is 343 g/mol. The van der Waals surface area contributed by atoms with Crippen molar-refractivity contribution in [2.75, 3.05) is 7.11 Å². The summed E-state index contributed by atoms with van der Waals surface area (Å²) in [6.07, 6.45) is 4.29. The van der Waals surface area contributed by atoms with E-state index in [0.29, 0.717) is 31.4 Å². The van der Waals surface area contributed by atoms with E-state index in [9.17, 15) is 9.59 Å². The van der Waals surface area contributed by atoms with Crippen LogP contribution in [0.15, 0.2) is 36.5 Å². The minimum atomic E-state index is -0.747. The predicted molar refractivity (Wildman–Crippen MR) is 91.0 cm³/mol. The molecule has 25 heavy (non-hydrogen) atoms. The van der Waals surface area contributed by atoms with E-state index in [1.807, 2.05) is 24.3 Å². The molecule has 0 spiro atoms. The van der Waals surface area contributed by atoms with Gasteiger partial charge in [-0.05, 0) is 56.0 Å². The maximum absolute atomic E-state index is 12.4. The minimum absolute atomic E-state index is 0.00855. The van der Waals surface area contributed by atoms with E-state index in [2.05, 4.69) is 10.4 Å². The summed E-state index contributed by atoms with van der Waals surface area (Å²) in [6.45, 7) is 0. The zero-order chi connectivity index (χ0) is 17.8. The highest BCUT2D eigenvalue weighted by molar-refractivity contribution is 5.92. The van der Waals surface area contributed by atoms with Crippen LogP contribution in [0.3, 0.4) is 0 Å². The van der Waals surface area contributed by atoms with Gasteiger partial charge in [-0.2, -0.15) is 5.10 Å². The van der Waals surface area contributed by atoms with Crippen molar-refractivity contribution < 1.29 is 19.4 Å². The van der Waals surface area contributed by atoms with Crippen LogP contribution in [0.2, 0.25) is 0 Å². The third-order valence-electron chi connectivity index (χ3n) is 4.57. The van der Waals surface area contributed by atoms with Crippen LogP contribution in [0.4, 0.5) is 0 Å². The van der Waals surface area contributed by atoms with Crippen molar-refractivity contribution in [1.29, 1.82) is 0 Å². The van der Waals surface area contributed by atoms with Crippen LogP contribution in [0.25, 0.3) is 5.69 Å². The molecule has 1 aliphatic carbocycles. The zero-order valence-electron chi connectivity index (χ0n) is 14.0. The number of carbonyl (C=O) groups is 2. The molecule has 0 unspecified atom stereocenters. The Morgan fingerprint density at radius 3 is 2.44 bits per heavy atom. The molecular formula is C18H21N3O4. The van der Waals surface area contributed by atoms with Crippen molar-refractivity contribution in [2.24, 2.45) is 5.92 Å². The summed E-state index contributed by atoms with van der Waals surface area (Å²) < 4.78 is 6.76. The number of carbonyl (C=O) groups excluding carboxylic acids is 1. The molecule has 1 fully saturated rings. The summed E-state index contributed by atoms with van der Waals surface area (Å²) >= 11 is 0. The number of ether oxygens (including phenoxy) is 1. The van der Waals surface area contributed by atoms with Gasteiger partial charge in [-0.15, -0.1) is 0 Å². The lowest BCUT2D eigenvalue weighted by Crippen LogP contribution is -2.38. The largest absolute Gasteiger partial charge is 0.497 e. The number of hydrogen-bond donors (Lipinski definition) is 2. The maximum atomic E-state index is 12.4. The molecule has 1 saturated carbocycles. The third kappa shape index (κ3) is 3.99. The Kier molecular flexibility index (Phi) is 5.02. The number of amides is 1. The number of aliphatic carboxylic acids is 1.